The van der Waals surface area contributed by atoms with Gasteiger partial charge in [-0.05, 0) is 61.5 Å². The number of imide groups is 1. The number of carbonyl (C=O) groups excluding carboxylic acids is 3. The molecule has 0 atom stereocenters. The molecule has 2 heterocycles. The van der Waals surface area contributed by atoms with Crippen LogP contribution in [0.2, 0.25) is 0 Å². The van der Waals surface area contributed by atoms with Gasteiger partial charge in [0.2, 0.25) is 5.91 Å². The fourth-order valence-electron chi connectivity index (χ4n) is 3.69. The lowest BCUT2D eigenvalue weighted by atomic mass is 10.1. The highest BCUT2D eigenvalue weighted by Gasteiger charge is 2.34. The first kappa shape index (κ1) is 23.4. The number of thioether (sulfide) groups is 1. The molecule has 3 amide bonds. The predicted octanol–water partition coefficient (Wildman–Crippen LogP) is 4.02. The highest BCUT2D eigenvalue weighted by Crippen LogP contribution is 2.31. The Labute approximate surface area is 200 Å². The fraction of sp³-hybridized carbons (Fsp3) is 0.200. The van der Waals surface area contributed by atoms with Crippen LogP contribution in [0.3, 0.4) is 0 Å². The highest BCUT2D eigenvalue weighted by molar-refractivity contribution is 8.18. The Morgan fingerprint density at radius 2 is 1.79 bits per heavy atom. The van der Waals surface area contributed by atoms with Crippen molar-refractivity contribution in [1.82, 2.24) is 20.0 Å². The number of hydrogen-bond acceptors (Lipinski definition) is 5. The van der Waals surface area contributed by atoms with Crippen molar-refractivity contribution in [2.45, 2.75) is 20.3 Å². The molecule has 3 aromatic rings. The normalized spacial score (nSPS) is 14.8. The first-order valence-corrected chi connectivity index (χ1v) is 11.5. The zero-order valence-corrected chi connectivity index (χ0v) is 19.6. The van der Waals surface area contributed by atoms with Gasteiger partial charge in [0.15, 0.2) is 0 Å². The molecule has 2 aromatic carbocycles. The second-order valence-corrected chi connectivity index (χ2v) is 8.80. The van der Waals surface area contributed by atoms with Crippen LogP contribution in [0.15, 0.2) is 59.5 Å². The third kappa shape index (κ3) is 5.09. The molecule has 1 N–H and O–H groups in total. The highest BCUT2D eigenvalue weighted by atomic mass is 32.2. The van der Waals surface area contributed by atoms with E-state index < -0.39 is 0 Å². The van der Waals surface area contributed by atoms with Crippen LogP contribution < -0.4 is 5.32 Å². The number of amides is 3. The van der Waals surface area contributed by atoms with Gasteiger partial charge >= 0.3 is 0 Å². The number of benzene rings is 2. The van der Waals surface area contributed by atoms with E-state index >= 15 is 0 Å². The summed E-state index contributed by atoms with van der Waals surface area (Å²) in [5.74, 6) is -0.932. The quantitative estimate of drug-likeness (QED) is 0.519. The third-order valence-electron chi connectivity index (χ3n) is 5.48. The molecule has 0 radical (unpaired) electrons. The van der Waals surface area contributed by atoms with Gasteiger partial charge in [0.05, 0.1) is 22.7 Å². The van der Waals surface area contributed by atoms with Gasteiger partial charge in [-0.15, -0.1) is 0 Å². The third-order valence-corrected chi connectivity index (χ3v) is 6.39. The van der Waals surface area contributed by atoms with Gasteiger partial charge in [-0.3, -0.25) is 19.3 Å². The van der Waals surface area contributed by atoms with E-state index in [1.165, 1.54) is 12.1 Å². The number of rotatable bonds is 7. The maximum atomic E-state index is 13.2. The topological polar surface area (TPSA) is 84.3 Å². The molecule has 0 unspecified atom stereocenters. The maximum absolute atomic E-state index is 13.2. The van der Waals surface area contributed by atoms with Crippen molar-refractivity contribution in [2.24, 2.45) is 0 Å². The molecular formula is C25H23FN4O3S. The molecule has 174 valence electrons. The van der Waals surface area contributed by atoms with E-state index in [4.69, 9.17) is 0 Å². The lowest BCUT2D eigenvalue weighted by molar-refractivity contribution is -0.124. The number of carbonyl (C=O) groups is 3. The van der Waals surface area contributed by atoms with E-state index in [1.54, 1.807) is 22.9 Å². The number of nitrogens with one attached hydrogen (secondary N) is 1. The SMILES string of the molecule is Cc1nn(-c2ccc(F)cc2)c(C)c1CC(=O)NCCN1C(=O)SC(=Cc2ccccc2)C1=O. The van der Waals surface area contributed by atoms with Gasteiger partial charge < -0.3 is 5.32 Å². The van der Waals surface area contributed by atoms with E-state index in [-0.39, 0.29) is 42.4 Å². The molecule has 0 spiro atoms. The Morgan fingerprint density at radius 1 is 1.09 bits per heavy atom. The van der Waals surface area contributed by atoms with E-state index in [1.807, 2.05) is 44.2 Å². The molecule has 1 saturated heterocycles. The van der Waals surface area contributed by atoms with Crippen molar-refractivity contribution in [1.29, 1.82) is 0 Å². The van der Waals surface area contributed by atoms with Gasteiger partial charge in [-0.1, -0.05) is 30.3 Å². The molecule has 9 heteroatoms. The molecular weight excluding hydrogens is 455 g/mol. The largest absolute Gasteiger partial charge is 0.354 e. The van der Waals surface area contributed by atoms with Crippen molar-refractivity contribution >= 4 is 34.9 Å². The summed E-state index contributed by atoms with van der Waals surface area (Å²) in [6.07, 6.45) is 1.79. The molecule has 1 fully saturated rings. The summed E-state index contributed by atoms with van der Waals surface area (Å²) >= 11 is 0.895. The van der Waals surface area contributed by atoms with E-state index in [9.17, 15) is 18.8 Å². The fourth-order valence-corrected chi connectivity index (χ4v) is 4.55. The van der Waals surface area contributed by atoms with Crippen LogP contribution in [0.4, 0.5) is 9.18 Å². The van der Waals surface area contributed by atoms with Crippen molar-refractivity contribution in [2.75, 3.05) is 13.1 Å². The van der Waals surface area contributed by atoms with Crippen molar-refractivity contribution < 1.29 is 18.8 Å². The Hall–Kier alpha value is -3.72. The van der Waals surface area contributed by atoms with Gasteiger partial charge in [-0.25, -0.2) is 9.07 Å². The van der Waals surface area contributed by atoms with Crippen LogP contribution >= 0.6 is 11.8 Å². The Kier molecular flexibility index (Phi) is 6.93. The van der Waals surface area contributed by atoms with Crippen LogP contribution in [0, 0.1) is 19.7 Å². The lowest BCUT2D eigenvalue weighted by Gasteiger charge is -2.13. The first-order valence-electron chi connectivity index (χ1n) is 10.7. The molecule has 1 aliphatic heterocycles. The van der Waals surface area contributed by atoms with E-state index in [0.29, 0.717) is 16.3 Å². The number of halogens is 1. The smallest absolute Gasteiger partial charge is 0.293 e. The summed E-state index contributed by atoms with van der Waals surface area (Å²) in [5, 5.41) is 6.90. The predicted molar refractivity (Wildman–Crippen MR) is 129 cm³/mol. The van der Waals surface area contributed by atoms with Crippen molar-refractivity contribution in [3.63, 3.8) is 0 Å². The lowest BCUT2D eigenvalue weighted by Crippen LogP contribution is -2.37. The van der Waals surface area contributed by atoms with E-state index in [0.717, 1.165) is 33.5 Å². The molecule has 1 aromatic heterocycles. The van der Waals surface area contributed by atoms with Crippen LogP contribution in [0.1, 0.15) is 22.5 Å². The molecule has 7 nitrogen and oxygen atoms in total. The Balaban J connectivity index is 1.34. The zero-order valence-electron chi connectivity index (χ0n) is 18.7. The average molecular weight is 479 g/mol. The van der Waals surface area contributed by atoms with Crippen LogP contribution in [-0.2, 0) is 16.0 Å². The second-order valence-electron chi connectivity index (χ2n) is 7.81. The summed E-state index contributed by atoms with van der Waals surface area (Å²) < 4.78 is 14.9. The van der Waals surface area contributed by atoms with Gasteiger partial charge in [0, 0.05) is 24.3 Å². The van der Waals surface area contributed by atoms with Crippen molar-refractivity contribution in [3.05, 3.63) is 87.8 Å². The summed E-state index contributed by atoms with van der Waals surface area (Å²) in [7, 11) is 0. The number of hydrogen-bond donors (Lipinski definition) is 1. The van der Waals surface area contributed by atoms with Gasteiger partial charge in [0.1, 0.15) is 5.82 Å². The summed E-state index contributed by atoms with van der Waals surface area (Å²) in [6, 6.07) is 15.3. The molecule has 34 heavy (non-hydrogen) atoms. The zero-order chi connectivity index (χ0) is 24.2. The minimum atomic E-state index is -0.361. The van der Waals surface area contributed by atoms with Crippen LogP contribution in [-0.4, -0.2) is 44.8 Å². The van der Waals surface area contributed by atoms with E-state index in [2.05, 4.69) is 10.4 Å². The first-order chi connectivity index (χ1) is 16.3. The maximum Gasteiger partial charge on any atom is 0.293 e. The van der Waals surface area contributed by atoms with Gasteiger partial charge in [-0.2, -0.15) is 5.10 Å². The molecule has 4 rings (SSSR count). The van der Waals surface area contributed by atoms with Crippen LogP contribution in [0.25, 0.3) is 11.8 Å². The monoisotopic (exact) mass is 478 g/mol. The van der Waals surface area contributed by atoms with Gasteiger partial charge in [0.25, 0.3) is 11.1 Å². The molecule has 1 aliphatic rings. The summed E-state index contributed by atoms with van der Waals surface area (Å²) in [5.41, 5.74) is 3.81. The van der Waals surface area contributed by atoms with Crippen molar-refractivity contribution in [3.8, 4) is 5.69 Å². The number of aryl methyl sites for hydroxylation is 1. The average Bonchev–Trinajstić information content (AvgIpc) is 3.25. The Bertz CT molecular complexity index is 1270. The molecule has 0 saturated carbocycles. The summed E-state index contributed by atoms with van der Waals surface area (Å²) in [4.78, 5) is 38.9. The van der Waals surface area contributed by atoms with Crippen LogP contribution in [0.5, 0.6) is 0 Å². The number of aromatic nitrogens is 2. The minimum Gasteiger partial charge on any atom is -0.354 e. The summed E-state index contributed by atoms with van der Waals surface area (Å²) in [6.45, 7) is 3.91. The molecule has 0 aliphatic carbocycles. The molecule has 0 bridgehead atoms. The Morgan fingerprint density at radius 3 is 2.50 bits per heavy atom. The standard InChI is InChI=1S/C25H23FN4O3S/c1-16-21(17(2)30(28-16)20-10-8-19(26)9-11-20)15-23(31)27-12-13-29-24(32)22(34-25(29)33)14-18-6-4-3-5-7-18/h3-11,14H,12-13,15H2,1-2H3,(H,27,31). The number of nitrogens with zero attached hydrogens (tertiary/aromatic N) is 3. The minimum absolute atomic E-state index is 0.0926. The second kappa shape index (κ2) is 10.0.